The Bertz CT molecular complexity index is 1190. The average Bonchev–Trinajstić information content (AvgIpc) is 2.91. The van der Waals surface area contributed by atoms with Crippen molar-refractivity contribution in [3.05, 3.63) is 60.2 Å². The summed E-state index contributed by atoms with van der Waals surface area (Å²) >= 11 is 0. The summed E-state index contributed by atoms with van der Waals surface area (Å²) in [5, 5.41) is 1.54. The lowest BCUT2D eigenvalue weighted by Crippen LogP contribution is -2.44. The SMILES string of the molecule is O=C(CN1c2cccc3cccc(c23)S1(=O)=O)N1CCc2cncnc2C1. The van der Waals surface area contributed by atoms with Gasteiger partial charge in [-0.25, -0.2) is 18.4 Å². The number of hydrogen-bond acceptors (Lipinski definition) is 5. The number of nitrogens with zero attached hydrogens (tertiary/aromatic N) is 4. The average molecular weight is 380 g/mol. The van der Waals surface area contributed by atoms with Gasteiger partial charge in [0.2, 0.25) is 5.91 Å². The molecule has 0 atom stereocenters. The molecule has 0 N–H and O–H groups in total. The fourth-order valence-corrected chi connectivity index (χ4v) is 5.47. The molecule has 2 aliphatic rings. The standard InChI is InChI=1S/C19H16N4O3S/c24-18(22-8-7-14-9-20-12-21-15(14)10-22)11-23-16-5-1-3-13-4-2-6-17(19(13)16)27(23,25)26/h1-6,9,12H,7-8,10-11H2. The second kappa shape index (κ2) is 5.75. The summed E-state index contributed by atoms with van der Waals surface area (Å²) in [5.41, 5.74) is 2.42. The maximum absolute atomic E-state index is 13.0. The van der Waals surface area contributed by atoms with E-state index < -0.39 is 10.0 Å². The quantitative estimate of drug-likeness (QED) is 0.676. The number of sulfonamides is 1. The smallest absolute Gasteiger partial charge is 0.265 e. The summed E-state index contributed by atoms with van der Waals surface area (Å²) in [6, 6.07) is 10.6. The molecule has 0 aliphatic carbocycles. The minimum atomic E-state index is -3.73. The van der Waals surface area contributed by atoms with Gasteiger partial charge in [0.05, 0.1) is 22.8 Å². The molecule has 0 unspecified atom stereocenters. The van der Waals surface area contributed by atoms with E-state index in [0.29, 0.717) is 30.6 Å². The molecule has 0 radical (unpaired) electrons. The van der Waals surface area contributed by atoms with Crippen LogP contribution in [0.25, 0.3) is 10.8 Å². The summed E-state index contributed by atoms with van der Waals surface area (Å²) in [4.78, 5) is 23.1. The first kappa shape index (κ1) is 16.2. The Hall–Kier alpha value is -3.00. The second-order valence-corrected chi connectivity index (χ2v) is 8.53. The van der Waals surface area contributed by atoms with Crippen LogP contribution in [0, 0.1) is 0 Å². The van der Waals surface area contributed by atoms with Crippen molar-refractivity contribution in [2.75, 3.05) is 17.4 Å². The maximum atomic E-state index is 13.0. The van der Waals surface area contributed by atoms with E-state index in [0.717, 1.165) is 16.6 Å². The third-order valence-corrected chi connectivity index (χ3v) is 6.99. The molecule has 0 saturated carbocycles. The van der Waals surface area contributed by atoms with Crippen LogP contribution >= 0.6 is 0 Å². The minimum Gasteiger partial charge on any atom is -0.335 e. The molecule has 5 rings (SSSR count). The van der Waals surface area contributed by atoms with E-state index in [2.05, 4.69) is 9.97 Å². The van der Waals surface area contributed by atoms with Gasteiger partial charge >= 0.3 is 0 Å². The zero-order chi connectivity index (χ0) is 18.6. The Kier molecular flexibility index (Phi) is 3.45. The van der Waals surface area contributed by atoms with E-state index in [1.165, 1.54) is 10.6 Å². The van der Waals surface area contributed by atoms with E-state index in [1.54, 1.807) is 29.3 Å². The van der Waals surface area contributed by atoms with Gasteiger partial charge in [0, 0.05) is 18.1 Å². The first-order valence-electron chi connectivity index (χ1n) is 8.66. The number of benzene rings is 2. The fraction of sp³-hybridized carbons (Fsp3) is 0.211. The predicted octanol–water partition coefficient (Wildman–Crippen LogP) is 1.72. The van der Waals surface area contributed by atoms with Crippen LogP contribution in [-0.2, 0) is 27.8 Å². The summed E-state index contributed by atoms with van der Waals surface area (Å²) < 4.78 is 27.3. The first-order chi connectivity index (χ1) is 13.1. The van der Waals surface area contributed by atoms with Crippen LogP contribution in [0.2, 0.25) is 0 Å². The van der Waals surface area contributed by atoms with Crippen LogP contribution in [0.1, 0.15) is 11.3 Å². The molecular formula is C19H16N4O3S. The highest BCUT2D eigenvalue weighted by Crippen LogP contribution is 2.41. The summed E-state index contributed by atoms with van der Waals surface area (Å²) in [6.45, 7) is 0.697. The molecule has 0 spiro atoms. The Labute approximate surface area is 156 Å². The lowest BCUT2D eigenvalue weighted by atomic mass is 10.1. The number of aromatic nitrogens is 2. The summed E-state index contributed by atoms with van der Waals surface area (Å²) in [5.74, 6) is -0.229. The van der Waals surface area contributed by atoms with Gasteiger partial charge in [0.1, 0.15) is 12.9 Å². The highest BCUT2D eigenvalue weighted by Gasteiger charge is 2.37. The van der Waals surface area contributed by atoms with Gasteiger partial charge in [0.25, 0.3) is 10.0 Å². The fourth-order valence-electron chi connectivity index (χ4n) is 3.81. The molecule has 3 heterocycles. The lowest BCUT2D eigenvalue weighted by molar-refractivity contribution is -0.130. The molecule has 2 aliphatic heterocycles. The lowest BCUT2D eigenvalue weighted by Gasteiger charge is -2.29. The van der Waals surface area contributed by atoms with Crippen molar-refractivity contribution in [1.29, 1.82) is 0 Å². The predicted molar refractivity (Wildman–Crippen MR) is 99.6 cm³/mol. The Morgan fingerprint density at radius 2 is 1.96 bits per heavy atom. The van der Waals surface area contributed by atoms with Crippen molar-refractivity contribution < 1.29 is 13.2 Å². The third-order valence-electron chi connectivity index (χ3n) is 5.19. The third kappa shape index (κ3) is 2.40. The Balaban J connectivity index is 1.47. The van der Waals surface area contributed by atoms with Gasteiger partial charge in [0.15, 0.2) is 0 Å². The van der Waals surface area contributed by atoms with Crippen molar-refractivity contribution in [2.45, 2.75) is 17.9 Å². The highest BCUT2D eigenvalue weighted by atomic mass is 32.2. The zero-order valence-corrected chi connectivity index (χ0v) is 15.2. The molecule has 7 nitrogen and oxygen atoms in total. The van der Waals surface area contributed by atoms with Crippen molar-refractivity contribution in [3.63, 3.8) is 0 Å². The molecule has 0 fully saturated rings. The van der Waals surface area contributed by atoms with Crippen LogP contribution in [0.15, 0.2) is 53.8 Å². The van der Waals surface area contributed by atoms with Crippen LogP contribution < -0.4 is 4.31 Å². The molecule has 27 heavy (non-hydrogen) atoms. The molecule has 2 aromatic carbocycles. The number of hydrogen-bond donors (Lipinski definition) is 0. The molecule has 136 valence electrons. The van der Waals surface area contributed by atoms with Gasteiger partial charge in [-0.05, 0) is 29.5 Å². The molecule has 0 bridgehead atoms. The van der Waals surface area contributed by atoms with Crippen LogP contribution in [0.5, 0.6) is 0 Å². The number of carbonyl (C=O) groups excluding carboxylic acids is 1. The van der Waals surface area contributed by atoms with Crippen molar-refractivity contribution in [2.24, 2.45) is 0 Å². The molecule has 8 heteroatoms. The van der Waals surface area contributed by atoms with Gasteiger partial charge in [-0.3, -0.25) is 9.10 Å². The van der Waals surface area contributed by atoms with E-state index in [4.69, 9.17) is 0 Å². The number of amides is 1. The van der Waals surface area contributed by atoms with Gasteiger partial charge in [-0.1, -0.05) is 24.3 Å². The van der Waals surface area contributed by atoms with E-state index in [9.17, 15) is 13.2 Å². The minimum absolute atomic E-state index is 0.212. The Morgan fingerprint density at radius 3 is 2.81 bits per heavy atom. The Morgan fingerprint density at radius 1 is 1.15 bits per heavy atom. The van der Waals surface area contributed by atoms with E-state index >= 15 is 0 Å². The van der Waals surface area contributed by atoms with E-state index in [1.807, 2.05) is 18.2 Å². The molecule has 1 aromatic heterocycles. The topological polar surface area (TPSA) is 83.5 Å². The normalized spacial score (nSPS) is 17.2. The van der Waals surface area contributed by atoms with Crippen LogP contribution in [0.4, 0.5) is 5.69 Å². The van der Waals surface area contributed by atoms with Gasteiger partial charge in [-0.2, -0.15) is 0 Å². The largest absolute Gasteiger partial charge is 0.335 e. The van der Waals surface area contributed by atoms with Crippen molar-refractivity contribution in [3.8, 4) is 0 Å². The monoisotopic (exact) mass is 380 g/mol. The summed E-state index contributed by atoms with van der Waals surface area (Å²) in [7, 11) is -3.73. The van der Waals surface area contributed by atoms with Crippen molar-refractivity contribution in [1.82, 2.24) is 14.9 Å². The highest BCUT2D eigenvalue weighted by molar-refractivity contribution is 7.93. The number of carbonyl (C=O) groups is 1. The van der Waals surface area contributed by atoms with Gasteiger partial charge < -0.3 is 4.90 Å². The molecule has 3 aromatic rings. The number of rotatable bonds is 2. The summed E-state index contributed by atoms with van der Waals surface area (Å²) in [6.07, 6.45) is 3.91. The van der Waals surface area contributed by atoms with Crippen molar-refractivity contribution >= 4 is 32.4 Å². The maximum Gasteiger partial charge on any atom is 0.265 e. The number of anilines is 1. The molecule has 0 saturated heterocycles. The molecule has 1 amide bonds. The van der Waals surface area contributed by atoms with E-state index in [-0.39, 0.29) is 17.3 Å². The van der Waals surface area contributed by atoms with Gasteiger partial charge in [-0.15, -0.1) is 0 Å². The second-order valence-electron chi connectivity index (χ2n) is 6.70. The van der Waals surface area contributed by atoms with Crippen LogP contribution in [0.3, 0.4) is 0 Å². The number of fused-ring (bicyclic) bond motifs is 1. The van der Waals surface area contributed by atoms with Crippen LogP contribution in [-0.4, -0.2) is 42.3 Å². The molecular weight excluding hydrogens is 364 g/mol. The first-order valence-corrected chi connectivity index (χ1v) is 10.1. The zero-order valence-electron chi connectivity index (χ0n) is 14.4.